The van der Waals surface area contributed by atoms with Crippen molar-refractivity contribution in [3.63, 3.8) is 0 Å². The fraction of sp³-hybridized carbons (Fsp3) is 0.240. The monoisotopic (exact) mass is 435 g/mol. The van der Waals surface area contributed by atoms with Crippen molar-refractivity contribution in [3.05, 3.63) is 64.3 Å². The van der Waals surface area contributed by atoms with E-state index in [-0.39, 0.29) is 11.5 Å². The highest BCUT2D eigenvalue weighted by atomic mass is 16.5. The Morgan fingerprint density at radius 3 is 2.06 bits per heavy atom. The number of nitrogens with one attached hydrogen (secondary N) is 1. The third-order valence-electron chi connectivity index (χ3n) is 5.48. The summed E-state index contributed by atoms with van der Waals surface area (Å²) >= 11 is 0. The van der Waals surface area contributed by atoms with Crippen molar-refractivity contribution < 1.29 is 23.4 Å². The van der Waals surface area contributed by atoms with Crippen LogP contribution in [-0.4, -0.2) is 28.4 Å². The Kier molecular flexibility index (Phi) is 5.81. The second-order valence-corrected chi connectivity index (χ2v) is 7.27. The number of hydrogen-bond acceptors (Lipinski definition) is 7. The Balaban J connectivity index is 2.03. The van der Waals surface area contributed by atoms with Crippen LogP contribution in [0.15, 0.2) is 57.7 Å². The number of rotatable bonds is 7. The van der Waals surface area contributed by atoms with Gasteiger partial charge in [-0.25, -0.2) is 0 Å². The second-order valence-electron chi connectivity index (χ2n) is 7.27. The summed E-state index contributed by atoms with van der Waals surface area (Å²) in [6, 6.07) is 14.8. The molecule has 0 saturated heterocycles. The third kappa shape index (κ3) is 3.56. The van der Waals surface area contributed by atoms with E-state index in [2.05, 4.69) is 5.32 Å². The molecular weight excluding hydrogens is 410 g/mol. The van der Waals surface area contributed by atoms with Crippen molar-refractivity contribution in [2.24, 2.45) is 0 Å². The number of anilines is 1. The van der Waals surface area contributed by atoms with Gasteiger partial charge in [-0.2, -0.15) is 0 Å². The first-order chi connectivity index (χ1) is 15.5. The maximum Gasteiger partial charge on any atom is 0.204 e. The molecule has 32 heavy (non-hydrogen) atoms. The number of fused-ring (bicyclic) bond motifs is 2. The Morgan fingerprint density at radius 2 is 1.44 bits per heavy atom. The number of benzene rings is 3. The van der Waals surface area contributed by atoms with E-state index < -0.39 is 0 Å². The van der Waals surface area contributed by atoms with Crippen molar-refractivity contribution >= 4 is 27.6 Å². The summed E-state index contributed by atoms with van der Waals surface area (Å²) in [5, 5.41) is 4.12. The SMILES string of the molecule is COc1cc2oc3c(N[C@H](C)c4ccccc4)c(OC)cc(OC)c3c(=O)c2cc1OC. The average molecular weight is 435 g/mol. The molecule has 7 heteroatoms. The van der Waals surface area contributed by atoms with Crippen LogP contribution in [0.5, 0.6) is 23.0 Å². The maximum atomic E-state index is 13.5. The number of ether oxygens (including phenoxy) is 4. The molecule has 0 aliphatic carbocycles. The molecule has 4 aromatic rings. The largest absolute Gasteiger partial charge is 0.496 e. The molecule has 0 saturated carbocycles. The minimum absolute atomic E-state index is 0.0758. The lowest BCUT2D eigenvalue weighted by atomic mass is 10.1. The van der Waals surface area contributed by atoms with E-state index in [0.29, 0.717) is 50.6 Å². The molecule has 0 fully saturated rings. The maximum absolute atomic E-state index is 13.5. The van der Waals surface area contributed by atoms with Crippen molar-refractivity contribution in [2.45, 2.75) is 13.0 Å². The van der Waals surface area contributed by atoms with Crippen LogP contribution in [-0.2, 0) is 0 Å². The van der Waals surface area contributed by atoms with Gasteiger partial charge < -0.3 is 28.7 Å². The summed E-state index contributed by atoms with van der Waals surface area (Å²) in [5.41, 5.74) is 2.11. The van der Waals surface area contributed by atoms with Gasteiger partial charge >= 0.3 is 0 Å². The highest BCUT2D eigenvalue weighted by molar-refractivity contribution is 6.02. The van der Waals surface area contributed by atoms with Gasteiger partial charge in [-0.05, 0) is 18.6 Å². The second kappa shape index (κ2) is 8.70. The van der Waals surface area contributed by atoms with Crippen molar-refractivity contribution in [2.75, 3.05) is 33.8 Å². The fourth-order valence-corrected chi connectivity index (χ4v) is 3.80. The molecule has 0 radical (unpaired) electrons. The Morgan fingerprint density at radius 1 is 0.812 bits per heavy atom. The predicted octanol–water partition coefficient (Wildman–Crippen LogP) is 5.15. The van der Waals surface area contributed by atoms with Crippen molar-refractivity contribution in [1.29, 1.82) is 0 Å². The smallest absolute Gasteiger partial charge is 0.204 e. The minimum Gasteiger partial charge on any atom is -0.496 e. The first kappa shape index (κ1) is 21.4. The zero-order chi connectivity index (χ0) is 22.8. The van der Waals surface area contributed by atoms with Gasteiger partial charge in [0.1, 0.15) is 28.2 Å². The molecule has 3 aromatic carbocycles. The lowest BCUT2D eigenvalue weighted by Crippen LogP contribution is -2.11. The van der Waals surface area contributed by atoms with Gasteiger partial charge in [0.15, 0.2) is 17.1 Å². The van der Waals surface area contributed by atoms with E-state index in [0.717, 1.165) is 5.56 Å². The minimum atomic E-state index is -0.239. The average Bonchev–Trinajstić information content (AvgIpc) is 2.84. The topological polar surface area (TPSA) is 79.2 Å². The Hall–Kier alpha value is -3.87. The quantitative estimate of drug-likeness (QED) is 0.402. The van der Waals surface area contributed by atoms with Gasteiger partial charge in [0.25, 0.3) is 0 Å². The van der Waals surface area contributed by atoms with E-state index in [9.17, 15) is 4.79 Å². The molecular formula is C25H25NO6. The van der Waals surface area contributed by atoms with Crippen LogP contribution in [0.25, 0.3) is 21.9 Å². The van der Waals surface area contributed by atoms with E-state index in [1.165, 1.54) is 21.3 Å². The first-order valence-corrected chi connectivity index (χ1v) is 10.1. The van der Waals surface area contributed by atoms with Crippen LogP contribution in [0.3, 0.4) is 0 Å². The van der Waals surface area contributed by atoms with Crippen molar-refractivity contribution in [1.82, 2.24) is 0 Å². The van der Waals surface area contributed by atoms with Gasteiger partial charge in [-0.3, -0.25) is 4.79 Å². The van der Waals surface area contributed by atoms with Gasteiger partial charge in [0.2, 0.25) is 5.43 Å². The molecule has 1 atom stereocenters. The van der Waals surface area contributed by atoms with E-state index >= 15 is 0 Å². The zero-order valence-corrected chi connectivity index (χ0v) is 18.6. The van der Waals surface area contributed by atoms with Gasteiger partial charge in [0, 0.05) is 18.2 Å². The van der Waals surface area contributed by atoms with Crippen molar-refractivity contribution in [3.8, 4) is 23.0 Å². The zero-order valence-electron chi connectivity index (χ0n) is 18.6. The molecule has 1 aromatic heterocycles. The molecule has 0 bridgehead atoms. The normalized spacial score (nSPS) is 11.9. The summed E-state index contributed by atoms with van der Waals surface area (Å²) < 4.78 is 28.2. The Labute approximate surface area is 185 Å². The van der Waals surface area contributed by atoms with Gasteiger partial charge in [-0.1, -0.05) is 30.3 Å². The van der Waals surface area contributed by atoms with E-state index in [4.69, 9.17) is 23.4 Å². The van der Waals surface area contributed by atoms with Gasteiger partial charge in [-0.15, -0.1) is 0 Å². The lowest BCUT2D eigenvalue weighted by Gasteiger charge is -2.20. The highest BCUT2D eigenvalue weighted by Crippen LogP contribution is 2.42. The van der Waals surface area contributed by atoms with Crippen LogP contribution < -0.4 is 29.7 Å². The van der Waals surface area contributed by atoms with Crippen LogP contribution in [0, 0.1) is 0 Å². The molecule has 0 aliphatic heterocycles. The fourth-order valence-electron chi connectivity index (χ4n) is 3.80. The van der Waals surface area contributed by atoms with E-state index in [1.54, 1.807) is 25.3 Å². The standard InChI is InChI=1S/C25H25NO6/c1-14(15-9-7-6-8-10-15)26-23-21(31-5)13-20(30-4)22-24(27)16-11-18(28-2)19(29-3)12-17(16)32-25(22)23/h6-14,26H,1-5H3/t14-/m1/s1. The molecule has 1 N–H and O–H groups in total. The van der Waals surface area contributed by atoms with Crippen LogP contribution in [0.4, 0.5) is 5.69 Å². The third-order valence-corrected chi connectivity index (χ3v) is 5.48. The van der Waals surface area contributed by atoms with Crippen LogP contribution in [0.2, 0.25) is 0 Å². The molecule has 0 spiro atoms. The Bertz CT molecular complexity index is 1330. The summed E-state index contributed by atoms with van der Waals surface area (Å²) in [6.45, 7) is 2.03. The van der Waals surface area contributed by atoms with Crippen LogP contribution in [0.1, 0.15) is 18.5 Å². The highest BCUT2D eigenvalue weighted by Gasteiger charge is 2.23. The molecule has 0 aliphatic rings. The van der Waals surface area contributed by atoms with Gasteiger partial charge in [0.05, 0.1) is 33.8 Å². The number of methoxy groups -OCH3 is 4. The lowest BCUT2D eigenvalue weighted by molar-refractivity contribution is 0.355. The molecule has 7 nitrogen and oxygen atoms in total. The number of hydrogen-bond donors (Lipinski definition) is 1. The molecule has 4 rings (SSSR count). The molecule has 1 heterocycles. The summed E-state index contributed by atoms with van der Waals surface area (Å²) in [7, 11) is 6.12. The summed E-state index contributed by atoms with van der Waals surface area (Å²) in [5.74, 6) is 1.76. The van der Waals surface area contributed by atoms with Crippen LogP contribution >= 0.6 is 0 Å². The molecule has 0 unspecified atom stereocenters. The van der Waals surface area contributed by atoms with E-state index in [1.807, 2.05) is 37.3 Å². The summed E-state index contributed by atoms with van der Waals surface area (Å²) in [4.78, 5) is 13.5. The summed E-state index contributed by atoms with van der Waals surface area (Å²) in [6.07, 6.45) is 0. The first-order valence-electron chi connectivity index (χ1n) is 10.1. The molecule has 166 valence electrons. The predicted molar refractivity (Wildman–Crippen MR) is 125 cm³/mol. The molecule has 0 amide bonds.